The summed E-state index contributed by atoms with van der Waals surface area (Å²) in [7, 11) is 0. The van der Waals surface area contributed by atoms with Crippen LogP contribution in [0.2, 0.25) is 0 Å². The maximum Gasteiger partial charge on any atom is 0.310 e. The van der Waals surface area contributed by atoms with Crippen LogP contribution in [0, 0.1) is 5.92 Å². The van der Waals surface area contributed by atoms with E-state index in [1.165, 1.54) is 25.0 Å². The van der Waals surface area contributed by atoms with Crippen LogP contribution in [0.5, 0.6) is 0 Å². The Balaban J connectivity index is 1.42. The molecule has 1 saturated heterocycles. The Morgan fingerprint density at radius 3 is 2.37 bits per heavy atom. The van der Waals surface area contributed by atoms with Crippen LogP contribution >= 0.6 is 0 Å². The fraction of sp³-hybridized carbons (Fsp3) is 0.542. The molecule has 0 saturated carbocycles. The summed E-state index contributed by atoms with van der Waals surface area (Å²) in [5, 5.41) is 0. The summed E-state index contributed by atoms with van der Waals surface area (Å²) in [5.74, 6) is -0.364. The molecule has 0 N–H and O–H groups in total. The normalized spacial score (nSPS) is 23.0. The smallest absolute Gasteiger partial charge is 0.310 e. The van der Waals surface area contributed by atoms with Gasteiger partial charge in [-0.05, 0) is 43.4 Å². The van der Waals surface area contributed by atoms with Crippen molar-refractivity contribution >= 4 is 23.5 Å². The van der Waals surface area contributed by atoms with Crippen LogP contribution in [0.3, 0.4) is 0 Å². The summed E-state index contributed by atoms with van der Waals surface area (Å²) in [5.41, 5.74) is 1.26. The van der Waals surface area contributed by atoms with Crippen LogP contribution < -0.4 is 4.90 Å². The minimum absolute atomic E-state index is 0.0215. The average molecular weight is 414 g/mol. The lowest BCUT2D eigenvalue weighted by atomic mass is 9.74. The number of nitrogens with zero attached hydrogens (tertiary/aromatic N) is 1. The molecule has 2 unspecified atom stereocenters. The van der Waals surface area contributed by atoms with E-state index in [1.54, 1.807) is 24.3 Å². The molecule has 3 rings (SSSR count). The third kappa shape index (κ3) is 4.98. The Kier molecular flexibility index (Phi) is 7.43. The first-order valence-electron chi connectivity index (χ1n) is 10.9. The third-order valence-electron chi connectivity index (χ3n) is 5.99. The van der Waals surface area contributed by atoms with Crippen LogP contribution in [-0.2, 0) is 30.3 Å². The molecule has 0 spiro atoms. The van der Waals surface area contributed by atoms with Gasteiger partial charge in [-0.1, -0.05) is 38.8 Å². The number of anilines is 1. The van der Waals surface area contributed by atoms with Gasteiger partial charge in [0.15, 0.2) is 0 Å². The van der Waals surface area contributed by atoms with Gasteiger partial charge >= 0.3 is 5.97 Å². The van der Waals surface area contributed by atoms with Gasteiger partial charge in [0.1, 0.15) is 0 Å². The molecule has 0 aliphatic carbocycles. The molecule has 1 fully saturated rings. The number of carbonyl (C=O) groups is 3. The number of esters is 1. The Bertz CT molecular complexity index is 782. The zero-order valence-corrected chi connectivity index (χ0v) is 17.9. The average Bonchev–Trinajstić information content (AvgIpc) is 3.06. The first-order valence-corrected chi connectivity index (χ1v) is 10.9. The number of hydrogen-bond donors (Lipinski definition) is 0. The molecule has 2 atom stereocenters. The van der Waals surface area contributed by atoms with Crippen molar-refractivity contribution in [3.05, 3.63) is 42.0 Å². The standard InChI is InChI=1S/C24H31NO5/c1-3-6-19-17-30-24(19,13-4-2)14-5-15-29-23(28)16-18-7-9-20(10-8-18)25-21(26)11-12-22(25)27/h7-12,19H,3-6,13-17H2,1-2H3. The van der Waals surface area contributed by atoms with Gasteiger partial charge in [0, 0.05) is 18.1 Å². The highest BCUT2D eigenvalue weighted by atomic mass is 16.5. The molecule has 30 heavy (non-hydrogen) atoms. The molecule has 1 aromatic rings. The van der Waals surface area contributed by atoms with Crippen LogP contribution in [0.25, 0.3) is 0 Å². The van der Waals surface area contributed by atoms with E-state index in [9.17, 15) is 14.4 Å². The molecular weight excluding hydrogens is 382 g/mol. The van der Waals surface area contributed by atoms with Gasteiger partial charge in [-0.2, -0.15) is 0 Å². The maximum absolute atomic E-state index is 12.2. The fourth-order valence-electron chi connectivity index (χ4n) is 4.43. The van der Waals surface area contributed by atoms with Crippen LogP contribution in [0.1, 0.15) is 57.9 Å². The van der Waals surface area contributed by atoms with E-state index in [4.69, 9.17) is 9.47 Å². The second-order valence-corrected chi connectivity index (χ2v) is 8.12. The highest BCUT2D eigenvalue weighted by Gasteiger charge is 2.46. The Labute approximate surface area is 178 Å². The van der Waals surface area contributed by atoms with Crippen molar-refractivity contribution in [2.24, 2.45) is 5.92 Å². The van der Waals surface area contributed by atoms with Crippen molar-refractivity contribution < 1.29 is 23.9 Å². The number of carbonyl (C=O) groups excluding carboxylic acids is 3. The molecule has 1 aromatic carbocycles. The summed E-state index contributed by atoms with van der Waals surface area (Å²) in [6.45, 7) is 5.65. The predicted molar refractivity (Wildman–Crippen MR) is 114 cm³/mol. The van der Waals surface area contributed by atoms with Gasteiger partial charge in [0.2, 0.25) is 0 Å². The van der Waals surface area contributed by atoms with E-state index in [0.29, 0.717) is 18.2 Å². The topological polar surface area (TPSA) is 72.9 Å². The van der Waals surface area contributed by atoms with Crippen molar-refractivity contribution in [3.63, 3.8) is 0 Å². The number of ether oxygens (including phenoxy) is 2. The summed E-state index contributed by atoms with van der Waals surface area (Å²) in [4.78, 5) is 36.7. The van der Waals surface area contributed by atoms with Crippen molar-refractivity contribution in [3.8, 4) is 0 Å². The molecule has 2 aliphatic heterocycles. The molecular formula is C24H31NO5. The number of benzene rings is 1. The first kappa shape index (κ1) is 22.2. The largest absolute Gasteiger partial charge is 0.465 e. The summed E-state index contributed by atoms with van der Waals surface area (Å²) < 4.78 is 11.4. The number of rotatable bonds is 11. The van der Waals surface area contributed by atoms with Crippen LogP contribution in [-0.4, -0.2) is 36.6 Å². The molecule has 2 aliphatic rings. The summed E-state index contributed by atoms with van der Waals surface area (Å²) in [6, 6.07) is 6.82. The number of hydrogen-bond acceptors (Lipinski definition) is 5. The molecule has 162 valence electrons. The lowest BCUT2D eigenvalue weighted by Crippen LogP contribution is -2.53. The van der Waals surface area contributed by atoms with E-state index < -0.39 is 0 Å². The molecule has 2 amide bonds. The molecule has 0 bridgehead atoms. The highest BCUT2D eigenvalue weighted by Crippen LogP contribution is 2.43. The van der Waals surface area contributed by atoms with Crippen molar-refractivity contribution in [2.45, 2.75) is 64.4 Å². The van der Waals surface area contributed by atoms with Crippen molar-refractivity contribution in [2.75, 3.05) is 18.1 Å². The molecule has 0 aromatic heterocycles. The van der Waals surface area contributed by atoms with E-state index in [0.717, 1.165) is 42.8 Å². The van der Waals surface area contributed by atoms with E-state index >= 15 is 0 Å². The zero-order chi connectivity index (χ0) is 21.6. The second kappa shape index (κ2) is 10.0. The van der Waals surface area contributed by atoms with E-state index in [-0.39, 0.29) is 29.8 Å². The number of imide groups is 1. The van der Waals surface area contributed by atoms with Gasteiger partial charge < -0.3 is 9.47 Å². The minimum Gasteiger partial charge on any atom is -0.465 e. The molecule has 2 heterocycles. The SMILES string of the molecule is CCCC1COC1(CCC)CCCOC(=O)Cc1ccc(N2C(=O)C=CC2=O)cc1. The van der Waals surface area contributed by atoms with E-state index in [2.05, 4.69) is 13.8 Å². The second-order valence-electron chi connectivity index (χ2n) is 8.12. The van der Waals surface area contributed by atoms with Crippen LogP contribution in [0.15, 0.2) is 36.4 Å². The van der Waals surface area contributed by atoms with Gasteiger partial charge in [-0.3, -0.25) is 14.4 Å². The highest BCUT2D eigenvalue weighted by molar-refractivity contribution is 6.28. The Morgan fingerprint density at radius 1 is 1.10 bits per heavy atom. The molecule has 6 nitrogen and oxygen atoms in total. The Hall–Kier alpha value is -2.47. The molecule has 0 radical (unpaired) electrons. The van der Waals surface area contributed by atoms with Crippen molar-refractivity contribution in [1.82, 2.24) is 0 Å². The van der Waals surface area contributed by atoms with Gasteiger partial charge in [-0.25, -0.2) is 4.90 Å². The molecule has 6 heteroatoms. The lowest BCUT2D eigenvalue weighted by molar-refractivity contribution is -0.216. The third-order valence-corrected chi connectivity index (χ3v) is 5.99. The van der Waals surface area contributed by atoms with Gasteiger partial charge in [0.05, 0.1) is 30.9 Å². The number of amides is 2. The van der Waals surface area contributed by atoms with Gasteiger partial charge in [-0.15, -0.1) is 0 Å². The minimum atomic E-state index is -0.357. The maximum atomic E-state index is 12.2. The quantitative estimate of drug-likeness (QED) is 0.312. The lowest BCUT2D eigenvalue weighted by Gasteiger charge is -2.50. The fourth-order valence-corrected chi connectivity index (χ4v) is 4.43. The Morgan fingerprint density at radius 2 is 1.80 bits per heavy atom. The monoisotopic (exact) mass is 413 g/mol. The van der Waals surface area contributed by atoms with E-state index in [1.807, 2.05) is 0 Å². The van der Waals surface area contributed by atoms with Crippen molar-refractivity contribution in [1.29, 1.82) is 0 Å². The zero-order valence-electron chi connectivity index (χ0n) is 17.9. The van der Waals surface area contributed by atoms with Crippen LogP contribution in [0.4, 0.5) is 5.69 Å². The van der Waals surface area contributed by atoms with Gasteiger partial charge in [0.25, 0.3) is 11.8 Å². The predicted octanol–water partition coefficient (Wildman–Crippen LogP) is 3.97. The summed E-state index contributed by atoms with van der Waals surface area (Å²) >= 11 is 0. The summed E-state index contributed by atoms with van der Waals surface area (Å²) in [6.07, 6.45) is 8.92. The first-order chi connectivity index (χ1) is 14.5.